The average Bonchev–Trinajstić information content (AvgIpc) is 2.97. The molecule has 6 heteroatoms. The standard InChI is InChI=1S/C11H17NO5/c13-6-7-3-4-12(5-7)10(14)8-1-2-9(17-8)11(15)16/h7-9,13H,1-6H2,(H,15,16)/t7?,8-,9+/m0/s1. The smallest absolute Gasteiger partial charge is 0.332 e. The normalized spacial score (nSPS) is 33.0. The molecule has 1 unspecified atom stereocenters. The molecule has 0 aromatic rings. The lowest BCUT2D eigenvalue weighted by Crippen LogP contribution is -2.38. The zero-order chi connectivity index (χ0) is 12.4. The third kappa shape index (κ3) is 2.58. The Morgan fingerprint density at radius 2 is 1.94 bits per heavy atom. The first-order chi connectivity index (χ1) is 8.11. The molecule has 2 heterocycles. The maximum absolute atomic E-state index is 12.0. The molecule has 0 aromatic carbocycles. The van der Waals surface area contributed by atoms with Crippen LogP contribution >= 0.6 is 0 Å². The van der Waals surface area contributed by atoms with Gasteiger partial charge in [0.25, 0.3) is 5.91 Å². The Morgan fingerprint density at radius 3 is 2.47 bits per heavy atom. The molecular formula is C11H17NO5. The number of aliphatic hydroxyl groups excluding tert-OH is 1. The fourth-order valence-electron chi connectivity index (χ4n) is 2.39. The van der Waals surface area contributed by atoms with Gasteiger partial charge in [-0.15, -0.1) is 0 Å². The summed E-state index contributed by atoms with van der Waals surface area (Å²) in [4.78, 5) is 24.4. The van der Waals surface area contributed by atoms with Crippen molar-refractivity contribution in [1.29, 1.82) is 0 Å². The van der Waals surface area contributed by atoms with Crippen molar-refractivity contribution in [2.75, 3.05) is 19.7 Å². The minimum absolute atomic E-state index is 0.0903. The second-order valence-corrected chi connectivity index (χ2v) is 4.65. The molecule has 1 amide bonds. The summed E-state index contributed by atoms with van der Waals surface area (Å²) in [5.74, 6) is -0.990. The van der Waals surface area contributed by atoms with Crippen LogP contribution in [-0.4, -0.2) is 58.9 Å². The summed E-state index contributed by atoms with van der Waals surface area (Å²) in [6.45, 7) is 1.27. The van der Waals surface area contributed by atoms with Crippen molar-refractivity contribution in [3.05, 3.63) is 0 Å². The van der Waals surface area contributed by atoms with Gasteiger partial charge in [0.1, 0.15) is 6.10 Å². The molecule has 0 aromatic heterocycles. The van der Waals surface area contributed by atoms with Gasteiger partial charge in [0.05, 0.1) is 0 Å². The molecule has 2 aliphatic heterocycles. The molecule has 2 fully saturated rings. The molecule has 3 atom stereocenters. The molecule has 2 N–H and O–H groups in total. The van der Waals surface area contributed by atoms with Crippen molar-refractivity contribution in [2.24, 2.45) is 5.92 Å². The van der Waals surface area contributed by atoms with Crippen molar-refractivity contribution >= 4 is 11.9 Å². The van der Waals surface area contributed by atoms with Crippen LogP contribution in [-0.2, 0) is 14.3 Å². The molecule has 0 radical (unpaired) electrons. The van der Waals surface area contributed by atoms with Gasteiger partial charge in [0.2, 0.25) is 0 Å². The fraction of sp³-hybridized carbons (Fsp3) is 0.818. The molecule has 2 rings (SSSR count). The van der Waals surface area contributed by atoms with Gasteiger partial charge in [-0.25, -0.2) is 4.79 Å². The van der Waals surface area contributed by atoms with Crippen molar-refractivity contribution in [3.63, 3.8) is 0 Å². The second-order valence-electron chi connectivity index (χ2n) is 4.65. The van der Waals surface area contributed by atoms with E-state index in [0.29, 0.717) is 25.9 Å². The lowest BCUT2D eigenvalue weighted by molar-refractivity contribution is -0.154. The van der Waals surface area contributed by atoms with Crippen LogP contribution in [0, 0.1) is 5.92 Å². The van der Waals surface area contributed by atoms with E-state index in [4.69, 9.17) is 14.9 Å². The summed E-state index contributed by atoms with van der Waals surface area (Å²) in [5.41, 5.74) is 0. The minimum Gasteiger partial charge on any atom is -0.479 e. The second kappa shape index (κ2) is 5.01. The summed E-state index contributed by atoms with van der Waals surface area (Å²) in [5, 5.41) is 17.8. The number of amides is 1. The summed E-state index contributed by atoms with van der Waals surface area (Å²) in [6, 6.07) is 0. The number of carbonyl (C=O) groups excluding carboxylic acids is 1. The van der Waals surface area contributed by atoms with Crippen LogP contribution in [0.3, 0.4) is 0 Å². The van der Waals surface area contributed by atoms with Gasteiger partial charge in [-0.1, -0.05) is 0 Å². The van der Waals surface area contributed by atoms with E-state index in [0.717, 1.165) is 6.42 Å². The number of likely N-dealkylation sites (tertiary alicyclic amines) is 1. The Kier molecular flexibility index (Phi) is 3.63. The maximum atomic E-state index is 12.0. The zero-order valence-corrected chi connectivity index (χ0v) is 9.54. The van der Waals surface area contributed by atoms with Gasteiger partial charge in [-0.3, -0.25) is 4.79 Å². The lowest BCUT2D eigenvalue weighted by atomic mass is 10.1. The fourth-order valence-corrected chi connectivity index (χ4v) is 2.39. The van der Waals surface area contributed by atoms with Gasteiger partial charge in [-0.2, -0.15) is 0 Å². The molecule has 0 saturated carbocycles. The number of carboxylic acids is 1. The highest BCUT2D eigenvalue weighted by Crippen LogP contribution is 2.24. The first-order valence-corrected chi connectivity index (χ1v) is 5.89. The van der Waals surface area contributed by atoms with Crippen molar-refractivity contribution < 1.29 is 24.5 Å². The van der Waals surface area contributed by atoms with E-state index >= 15 is 0 Å². The number of rotatable bonds is 3. The molecule has 96 valence electrons. The third-order valence-electron chi connectivity index (χ3n) is 3.43. The summed E-state index contributed by atoms with van der Waals surface area (Å²) >= 11 is 0. The summed E-state index contributed by atoms with van der Waals surface area (Å²) in [7, 11) is 0. The first kappa shape index (κ1) is 12.3. The lowest BCUT2D eigenvalue weighted by Gasteiger charge is -2.20. The molecule has 17 heavy (non-hydrogen) atoms. The highest BCUT2D eigenvalue weighted by atomic mass is 16.5. The Labute approximate surface area is 99.2 Å². The number of ether oxygens (including phenoxy) is 1. The van der Waals surface area contributed by atoms with E-state index in [2.05, 4.69) is 0 Å². The van der Waals surface area contributed by atoms with Crippen LogP contribution < -0.4 is 0 Å². The Morgan fingerprint density at radius 1 is 1.24 bits per heavy atom. The van der Waals surface area contributed by atoms with Crippen LogP contribution in [0.4, 0.5) is 0 Å². The number of aliphatic hydroxyl groups is 1. The molecule has 0 spiro atoms. The molecule has 0 bridgehead atoms. The predicted molar refractivity (Wildman–Crippen MR) is 57.3 cm³/mol. The van der Waals surface area contributed by atoms with Gasteiger partial charge < -0.3 is 19.8 Å². The Hall–Kier alpha value is -1.14. The van der Waals surface area contributed by atoms with Crippen molar-refractivity contribution in [1.82, 2.24) is 4.90 Å². The number of carbonyl (C=O) groups is 2. The number of carboxylic acid groups (broad SMARTS) is 1. The first-order valence-electron chi connectivity index (χ1n) is 5.89. The summed E-state index contributed by atoms with van der Waals surface area (Å²) < 4.78 is 5.21. The van der Waals surface area contributed by atoms with Gasteiger partial charge in [-0.05, 0) is 19.3 Å². The Balaban J connectivity index is 1.87. The van der Waals surface area contributed by atoms with Crippen LogP contribution in [0.25, 0.3) is 0 Å². The van der Waals surface area contributed by atoms with E-state index in [1.807, 2.05) is 0 Å². The van der Waals surface area contributed by atoms with Gasteiger partial charge in [0, 0.05) is 25.6 Å². The van der Waals surface area contributed by atoms with Crippen LogP contribution in [0.5, 0.6) is 0 Å². The van der Waals surface area contributed by atoms with E-state index in [9.17, 15) is 9.59 Å². The topological polar surface area (TPSA) is 87.1 Å². The van der Waals surface area contributed by atoms with E-state index < -0.39 is 18.2 Å². The Bertz CT molecular complexity index is 319. The highest BCUT2D eigenvalue weighted by molar-refractivity contribution is 5.83. The number of nitrogens with zero attached hydrogens (tertiary/aromatic N) is 1. The predicted octanol–water partition coefficient (Wildman–Crippen LogP) is -0.541. The molecule has 0 aliphatic carbocycles. The van der Waals surface area contributed by atoms with Crippen LogP contribution in [0.2, 0.25) is 0 Å². The van der Waals surface area contributed by atoms with Crippen molar-refractivity contribution in [2.45, 2.75) is 31.5 Å². The quantitative estimate of drug-likeness (QED) is 0.695. The van der Waals surface area contributed by atoms with Crippen LogP contribution in [0.15, 0.2) is 0 Å². The number of hydrogen-bond acceptors (Lipinski definition) is 4. The van der Waals surface area contributed by atoms with Crippen molar-refractivity contribution in [3.8, 4) is 0 Å². The molecule has 2 aliphatic rings. The number of aliphatic carboxylic acids is 1. The largest absolute Gasteiger partial charge is 0.479 e. The maximum Gasteiger partial charge on any atom is 0.332 e. The third-order valence-corrected chi connectivity index (χ3v) is 3.43. The van der Waals surface area contributed by atoms with E-state index in [1.165, 1.54) is 0 Å². The van der Waals surface area contributed by atoms with Gasteiger partial charge >= 0.3 is 5.97 Å². The number of hydrogen-bond donors (Lipinski definition) is 2. The minimum atomic E-state index is -1.00. The molecule has 2 saturated heterocycles. The molecular weight excluding hydrogens is 226 g/mol. The van der Waals surface area contributed by atoms with Gasteiger partial charge in [0.15, 0.2) is 6.10 Å². The van der Waals surface area contributed by atoms with E-state index in [-0.39, 0.29) is 18.4 Å². The monoisotopic (exact) mass is 243 g/mol. The zero-order valence-electron chi connectivity index (χ0n) is 9.54. The molecule has 6 nitrogen and oxygen atoms in total. The highest BCUT2D eigenvalue weighted by Gasteiger charge is 2.38. The van der Waals surface area contributed by atoms with E-state index in [1.54, 1.807) is 4.90 Å². The SMILES string of the molecule is O=C(O)[C@H]1CC[C@@H](C(=O)N2CCC(CO)C2)O1. The van der Waals surface area contributed by atoms with Crippen LogP contribution in [0.1, 0.15) is 19.3 Å². The summed E-state index contributed by atoms with van der Waals surface area (Å²) in [6.07, 6.45) is 0.199. The average molecular weight is 243 g/mol.